The first-order chi connectivity index (χ1) is 17.9. The van der Waals surface area contributed by atoms with Gasteiger partial charge in [-0.1, -0.05) is 31.0 Å². The zero-order valence-corrected chi connectivity index (χ0v) is 21.4. The normalized spacial score (nSPS) is 14.2. The Bertz CT molecular complexity index is 1470. The number of rotatable bonds is 10. The predicted molar refractivity (Wildman–Crippen MR) is 141 cm³/mol. The van der Waals surface area contributed by atoms with Crippen molar-refractivity contribution in [1.82, 2.24) is 9.71 Å². The van der Waals surface area contributed by atoms with Crippen LogP contribution in [0, 0.1) is 0 Å². The van der Waals surface area contributed by atoms with Crippen LogP contribution >= 0.6 is 0 Å². The van der Waals surface area contributed by atoms with Crippen molar-refractivity contribution in [2.24, 2.45) is 5.90 Å². The van der Waals surface area contributed by atoms with Gasteiger partial charge in [-0.2, -0.15) is 4.72 Å². The van der Waals surface area contributed by atoms with E-state index >= 15 is 0 Å². The van der Waals surface area contributed by atoms with Crippen molar-refractivity contribution in [2.45, 2.75) is 68.7 Å². The van der Waals surface area contributed by atoms with Crippen LogP contribution in [0.2, 0.25) is 0 Å². The number of aryl methyl sites for hydroxylation is 3. The number of nitrogens with two attached hydrogens (primary N) is 1. The number of benzene rings is 2. The van der Waals surface area contributed by atoms with Gasteiger partial charge in [-0.25, -0.2) is 14.3 Å². The van der Waals surface area contributed by atoms with E-state index in [0.29, 0.717) is 12.0 Å². The second-order valence-corrected chi connectivity index (χ2v) is 11.1. The first kappa shape index (κ1) is 26.9. The lowest BCUT2D eigenvalue weighted by atomic mass is 9.96. The number of hydrogen-bond acceptors (Lipinski definition) is 6. The molecule has 6 N–H and O–H groups in total. The number of sulfonamides is 1. The standard InChI is InChI=1S/C27H30N2O5S.H3NO/c30-27(31)24(12-3-1-2-8-18-17-28-23-11-6-4-9-20(18)23)29-35(32,33)19-14-15-22-21-10-5-7-13-25(21)34-26(22)16-19;1-2/h4,6,9,11,14-17,24,28-29H,1-3,5,7-8,10,12-13H2,(H,30,31);2H,1H2/t24-;/m1./s1. The van der Waals surface area contributed by atoms with Gasteiger partial charge >= 0.3 is 5.97 Å². The highest BCUT2D eigenvalue weighted by Gasteiger charge is 2.26. The van der Waals surface area contributed by atoms with Gasteiger partial charge in [0.15, 0.2) is 0 Å². The highest BCUT2D eigenvalue weighted by Crippen LogP contribution is 2.33. The number of carbonyl (C=O) groups is 1. The number of aliphatic carboxylic acids is 1. The van der Waals surface area contributed by atoms with Crippen molar-refractivity contribution < 1.29 is 27.9 Å². The Morgan fingerprint density at radius 2 is 1.84 bits per heavy atom. The fraction of sp³-hybridized carbons (Fsp3) is 0.370. The highest BCUT2D eigenvalue weighted by molar-refractivity contribution is 7.89. The predicted octanol–water partition coefficient (Wildman–Crippen LogP) is 4.66. The molecule has 198 valence electrons. The third kappa shape index (κ3) is 6.04. The van der Waals surface area contributed by atoms with Crippen LogP contribution in [-0.4, -0.2) is 35.7 Å². The highest BCUT2D eigenvalue weighted by atomic mass is 32.2. The van der Waals surface area contributed by atoms with Crippen LogP contribution in [0.3, 0.4) is 0 Å². The number of carboxylic acid groups (broad SMARTS) is 1. The molecule has 1 aliphatic carbocycles. The summed E-state index contributed by atoms with van der Waals surface area (Å²) in [4.78, 5) is 15.1. The number of hydrogen-bond donors (Lipinski definition) is 5. The quantitative estimate of drug-likeness (QED) is 0.148. The molecule has 0 saturated carbocycles. The molecule has 9 nitrogen and oxygen atoms in total. The zero-order chi connectivity index (χ0) is 26.4. The van der Waals surface area contributed by atoms with Crippen molar-refractivity contribution in [2.75, 3.05) is 0 Å². The molecule has 1 atom stereocenters. The maximum Gasteiger partial charge on any atom is 0.321 e. The number of H-pyrrole nitrogens is 1. The molecule has 0 spiro atoms. The Balaban J connectivity index is 0.00000156. The monoisotopic (exact) mass is 527 g/mol. The number of fused-ring (bicyclic) bond motifs is 4. The number of para-hydroxylation sites is 1. The molecule has 0 radical (unpaired) electrons. The Hall–Kier alpha value is -3.18. The van der Waals surface area contributed by atoms with E-state index in [9.17, 15) is 18.3 Å². The first-order valence-corrected chi connectivity index (χ1v) is 14.0. The Labute approximate surface area is 215 Å². The lowest BCUT2D eigenvalue weighted by molar-refractivity contribution is -0.139. The second kappa shape index (κ2) is 11.9. The number of nitrogens with one attached hydrogen (secondary N) is 2. The minimum absolute atomic E-state index is 0.0293. The molecule has 2 aromatic carbocycles. The zero-order valence-electron chi connectivity index (χ0n) is 20.6. The molecule has 0 bridgehead atoms. The Kier molecular flexibility index (Phi) is 8.65. The van der Waals surface area contributed by atoms with Crippen molar-refractivity contribution in [1.29, 1.82) is 0 Å². The summed E-state index contributed by atoms with van der Waals surface area (Å²) in [5, 5.41) is 18.3. The summed E-state index contributed by atoms with van der Waals surface area (Å²) in [6, 6.07) is 11.8. The van der Waals surface area contributed by atoms with Crippen LogP contribution in [0.5, 0.6) is 0 Å². The molecule has 2 heterocycles. The van der Waals surface area contributed by atoms with Gasteiger partial charge < -0.3 is 19.7 Å². The molecular weight excluding hydrogens is 494 g/mol. The average molecular weight is 528 g/mol. The largest absolute Gasteiger partial charge is 0.480 e. The summed E-state index contributed by atoms with van der Waals surface area (Å²) in [5.41, 5.74) is 4.06. The molecule has 4 aromatic rings. The molecule has 37 heavy (non-hydrogen) atoms. The van der Waals surface area contributed by atoms with Gasteiger partial charge in [0.1, 0.15) is 17.4 Å². The maximum atomic E-state index is 13.0. The fourth-order valence-electron chi connectivity index (χ4n) is 5.08. The smallest absolute Gasteiger partial charge is 0.321 e. The third-order valence-electron chi connectivity index (χ3n) is 6.95. The van der Waals surface area contributed by atoms with Gasteiger partial charge in [0.25, 0.3) is 0 Å². The third-order valence-corrected chi connectivity index (χ3v) is 8.42. The molecular formula is C27H33N3O6S. The summed E-state index contributed by atoms with van der Waals surface area (Å²) in [6.45, 7) is 0. The van der Waals surface area contributed by atoms with Gasteiger partial charge in [0.2, 0.25) is 10.0 Å². The van der Waals surface area contributed by atoms with E-state index in [1.165, 1.54) is 28.6 Å². The van der Waals surface area contributed by atoms with Crippen molar-refractivity contribution in [3.63, 3.8) is 0 Å². The van der Waals surface area contributed by atoms with Crippen LogP contribution in [0.1, 0.15) is 55.4 Å². The van der Waals surface area contributed by atoms with Gasteiger partial charge in [0.05, 0.1) is 4.90 Å². The van der Waals surface area contributed by atoms with E-state index in [1.54, 1.807) is 6.07 Å². The molecule has 2 aromatic heterocycles. The molecule has 1 aliphatic rings. The summed E-state index contributed by atoms with van der Waals surface area (Å²) >= 11 is 0. The Morgan fingerprint density at radius 1 is 1.05 bits per heavy atom. The van der Waals surface area contributed by atoms with E-state index in [1.807, 2.05) is 24.4 Å². The summed E-state index contributed by atoms with van der Waals surface area (Å²) in [7, 11) is -3.99. The van der Waals surface area contributed by atoms with Gasteiger partial charge in [-0.15, -0.1) is 0 Å². The van der Waals surface area contributed by atoms with E-state index in [4.69, 9.17) is 9.62 Å². The molecule has 10 heteroatoms. The van der Waals surface area contributed by atoms with Crippen molar-refractivity contribution in [3.05, 3.63) is 65.5 Å². The van der Waals surface area contributed by atoms with Crippen molar-refractivity contribution in [3.8, 4) is 0 Å². The van der Waals surface area contributed by atoms with Crippen LogP contribution in [0.25, 0.3) is 21.9 Å². The van der Waals surface area contributed by atoms with E-state index in [-0.39, 0.29) is 11.3 Å². The molecule has 0 amide bonds. The SMILES string of the molecule is NO.O=C(O)[C@@H](CCCCCc1c[nH]c2ccccc12)NS(=O)(=O)c1ccc2c3c(oc2c1)CCCC3. The Morgan fingerprint density at radius 3 is 2.65 bits per heavy atom. The van der Waals surface area contributed by atoms with Gasteiger partial charge in [0, 0.05) is 40.5 Å². The van der Waals surface area contributed by atoms with Crippen LogP contribution in [0.4, 0.5) is 0 Å². The molecule has 0 fully saturated rings. The molecule has 0 saturated heterocycles. The van der Waals surface area contributed by atoms with Gasteiger partial charge in [-0.05, 0) is 62.3 Å². The minimum Gasteiger partial charge on any atom is -0.480 e. The topological polar surface area (TPSA) is 159 Å². The van der Waals surface area contributed by atoms with Gasteiger partial charge in [-0.3, -0.25) is 4.79 Å². The molecule has 5 rings (SSSR count). The van der Waals surface area contributed by atoms with Crippen LogP contribution in [0.15, 0.2) is 58.0 Å². The number of unbranched alkanes of at least 4 members (excludes halogenated alkanes) is 2. The molecule has 0 unspecified atom stereocenters. The average Bonchev–Trinajstić information content (AvgIpc) is 3.49. The second-order valence-electron chi connectivity index (χ2n) is 9.34. The lowest BCUT2D eigenvalue weighted by Crippen LogP contribution is -2.40. The van der Waals surface area contributed by atoms with Crippen LogP contribution in [-0.2, 0) is 34.1 Å². The lowest BCUT2D eigenvalue weighted by Gasteiger charge is -2.15. The fourth-order valence-corrected chi connectivity index (χ4v) is 6.32. The molecule has 0 aliphatic heterocycles. The van der Waals surface area contributed by atoms with E-state index in [2.05, 4.69) is 21.7 Å². The van der Waals surface area contributed by atoms with Crippen LogP contribution < -0.4 is 10.6 Å². The maximum absolute atomic E-state index is 13.0. The van der Waals surface area contributed by atoms with Crippen molar-refractivity contribution >= 4 is 37.9 Å². The first-order valence-electron chi connectivity index (χ1n) is 12.5. The summed E-state index contributed by atoms with van der Waals surface area (Å²) < 4.78 is 34.3. The van der Waals surface area contributed by atoms with E-state index < -0.39 is 22.0 Å². The minimum atomic E-state index is -3.99. The number of aromatic nitrogens is 1. The summed E-state index contributed by atoms with van der Waals surface area (Å²) in [5.74, 6) is 3.27. The number of aromatic amines is 1. The number of carboxylic acids is 1. The van der Waals surface area contributed by atoms with E-state index in [0.717, 1.165) is 61.6 Å². The summed E-state index contributed by atoms with van der Waals surface area (Å²) in [6.07, 6.45) is 9.46. The number of furan rings is 1.